The topological polar surface area (TPSA) is 66.4 Å². The molecule has 2 aliphatic rings. The van der Waals surface area contributed by atoms with Crippen molar-refractivity contribution in [3.8, 4) is 0 Å². The van der Waals surface area contributed by atoms with Gasteiger partial charge in [-0.15, -0.1) is 22.7 Å². The number of fused-ring (bicyclic) bond motifs is 1. The molecule has 8 heteroatoms. The third-order valence-corrected chi connectivity index (χ3v) is 7.72. The lowest BCUT2D eigenvalue weighted by atomic mass is 9.98. The third kappa shape index (κ3) is 3.79. The van der Waals surface area contributed by atoms with E-state index in [1.807, 2.05) is 28.5 Å². The maximum atomic E-state index is 12.9. The predicted octanol–water partition coefficient (Wildman–Crippen LogP) is 3.83. The summed E-state index contributed by atoms with van der Waals surface area (Å²) in [6.07, 6.45) is 3.84. The first kappa shape index (κ1) is 18.7. The van der Waals surface area contributed by atoms with Gasteiger partial charge in [-0.05, 0) is 31.4 Å². The van der Waals surface area contributed by atoms with Gasteiger partial charge < -0.3 is 4.90 Å². The number of piperidine rings is 1. The number of aromatic nitrogens is 2. The molecular weight excluding hydrogens is 404 g/mol. The Morgan fingerprint density at radius 3 is 2.90 bits per heavy atom. The number of rotatable bonds is 4. The average Bonchev–Trinajstić information content (AvgIpc) is 3.47. The number of thiazole rings is 2. The SMILES string of the molecule is O=C(Cc1csc(N2CCCC2=O)n1)N1CCCC(c2nc3ccccc3s2)C1. The molecule has 0 spiro atoms. The summed E-state index contributed by atoms with van der Waals surface area (Å²) in [5.41, 5.74) is 1.80. The molecule has 2 aliphatic heterocycles. The zero-order valence-electron chi connectivity index (χ0n) is 16.0. The van der Waals surface area contributed by atoms with Crippen LogP contribution in [0.5, 0.6) is 0 Å². The van der Waals surface area contributed by atoms with Crippen molar-refractivity contribution in [2.75, 3.05) is 24.5 Å². The lowest BCUT2D eigenvalue weighted by Crippen LogP contribution is -2.40. The molecule has 2 saturated heterocycles. The molecular formula is C21H22N4O2S2. The van der Waals surface area contributed by atoms with Crippen molar-refractivity contribution in [2.24, 2.45) is 0 Å². The second kappa shape index (κ2) is 7.84. The summed E-state index contributed by atoms with van der Waals surface area (Å²) in [4.78, 5) is 37.9. The highest BCUT2D eigenvalue weighted by Crippen LogP contribution is 2.33. The van der Waals surface area contributed by atoms with Crippen molar-refractivity contribution in [1.29, 1.82) is 0 Å². The summed E-state index contributed by atoms with van der Waals surface area (Å²) in [5, 5.41) is 3.77. The number of nitrogens with zero attached hydrogens (tertiary/aromatic N) is 4. The van der Waals surface area contributed by atoms with Gasteiger partial charge in [0.05, 0.1) is 27.3 Å². The summed E-state index contributed by atoms with van der Waals surface area (Å²) >= 11 is 3.20. The zero-order chi connectivity index (χ0) is 19.8. The second-order valence-corrected chi connectivity index (χ2v) is 9.54. The van der Waals surface area contributed by atoms with E-state index < -0.39 is 0 Å². The van der Waals surface area contributed by atoms with Crippen molar-refractivity contribution in [2.45, 2.75) is 38.0 Å². The molecule has 3 aromatic rings. The molecule has 6 nitrogen and oxygen atoms in total. The Hall–Kier alpha value is -2.32. The summed E-state index contributed by atoms with van der Waals surface area (Å²) < 4.78 is 1.21. The van der Waals surface area contributed by atoms with Crippen LogP contribution in [0.15, 0.2) is 29.6 Å². The summed E-state index contributed by atoms with van der Waals surface area (Å²) in [5.74, 6) is 0.547. The predicted molar refractivity (Wildman–Crippen MR) is 116 cm³/mol. The third-order valence-electron chi connectivity index (χ3n) is 5.61. The Kier molecular flexibility index (Phi) is 5.05. The molecule has 0 aliphatic carbocycles. The number of hydrogen-bond donors (Lipinski definition) is 0. The van der Waals surface area contributed by atoms with E-state index in [9.17, 15) is 9.59 Å². The minimum Gasteiger partial charge on any atom is -0.342 e. The van der Waals surface area contributed by atoms with E-state index in [0.29, 0.717) is 18.8 Å². The Labute approximate surface area is 177 Å². The molecule has 4 heterocycles. The lowest BCUT2D eigenvalue weighted by molar-refractivity contribution is -0.131. The number of amides is 2. The highest BCUT2D eigenvalue weighted by atomic mass is 32.1. The van der Waals surface area contributed by atoms with E-state index in [4.69, 9.17) is 4.98 Å². The molecule has 5 rings (SSSR count). The maximum absolute atomic E-state index is 12.9. The number of likely N-dealkylation sites (tertiary alicyclic amines) is 1. The van der Waals surface area contributed by atoms with Gasteiger partial charge in [-0.3, -0.25) is 14.5 Å². The molecule has 1 aromatic carbocycles. The van der Waals surface area contributed by atoms with Crippen LogP contribution in [0.25, 0.3) is 10.2 Å². The van der Waals surface area contributed by atoms with Gasteiger partial charge >= 0.3 is 0 Å². The zero-order valence-corrected chi connectivity index (χ0v) is 17.7. The van der Waals surface area contributed by atoms with Crippen LogP contribution in [-0.2, 0) is 16.0 Å². The first-order valence-electron chi connectivity index (χ1n) is 10.1. The van der Waals surface area contributed by atoms with Crippen LogP contribution in [0.2, 0.25) is 0 Å². The van der Waals surface area contributed by atoms with Gasteiger partial charge in [0.1, 0.15) is 0 Å². The number of hydrogen-bond acceptors (Lipinski definition) is 6. The van der Waals surface area contributed by atoms with Crippen LogP contribution in [-0.4, -0.2) is 46.3 Å². The molecule has 0 N–H and O–H groups in total. The largest absolute Gasteiger partial charge is 0.342 e. The van der Waals surface area contributed by atoms with Gasteiger partial charge in [0.15, 0.2) is 5.13 Å². The van der Waals surface area contributed by atoms with Crippen LogP contribution >= 0.6 is 22.7 Å². The maximum Gasteiger partial charge on any atom is 0.228 e. The number of anilines is 1. The summed E-state index contributed by atoms with van der Waals surface area (Å²) in [6.45, 7) is 2.25. The van der Waals surface area contributed by atoms with Crippen molar-refractivity contribution < 1.29 is 9.59 Å². The Morgan fingerprint density at radius 2 is 2.07 bits per heavy atom. The number of carbonyl (C=O) groups excluding carboxylic acids is 2. The van der Waals surface area contributed by atoms with E-state index in [1.165, 1.54) is 16.0 Å². The molecule has 2 fully saturated rings. The van der Waals surface area contributed by atoms with E-state index in [0.717, 1.165) is 60.2 Å². The Balaban J connectivity index is 1.25. The molecule has 0 bridgehead atoms. The fourth-order valence-electron chi connectivity index (χ4n) is 4.09. The Bertz CT molecular complexity index is 1030. The minimum absolute atomic E-state index is 0.111. The summed E-state index contributed by atoms with van der Waals surface area (Å²) in [6, 6.07) is 8.21. The second-order valence-electron chi connectivity index (χ2n) is 7.65. The molecule has 150 valence electrons. The molecule has 1 atom stereocenters. The molecule has 2 aromatic heterocycles. The van der Waals surface area contributed by atoms with Gasteiger partial charge in [0.25, 0.3) is 0 Å². The molecule has 0 saturated carbocycles. The Morgan fingerprint density at radius 1 is 1.17 bits per heavy atom. The fourth-order valence-corrected chi connectivity index (χ4v) is 6.05. The van der Waals surface area contributed by atoms with Crippen LogP contribution in [0.4, 0.5) is 5.13 Å². The highest BCUT2D eigenvalue weighted by Gasteiger charge is 2.28. The monoisotopic (exact) mass is 426 g/mol. The summed E-state index contributed by atoms with van der Waals surface area (Å²) in [7, 11) is 0. The standard InChI is InChI=1S/C21H22N4O2S2/c26-18-8-4-10-25(18)21-22-15(13-28-21)11-19(27)24-9-3-5-14(12-24)20-23-16-6-1-2-7-17(16)29-20/h1-2,6-7,13-14H,3-5,8-12H2. The normalized spacial score (nSPS) is 20.0. The van der Waals surface area contributed by atoms with Gasteiger partial charge in [-0.25, -0.2) is 9.97 Å². The van der Waals surface area contributed by atoms with Crippen molar-refractivity contribution in [3.05, 3.63) is 40.3 Å². The van der Waals surface area contributed by atoms with Gasteiger partial charge in [-0.2, -0.15) is 0 Å². The lowest BCUT2D eigenvalue weighted by Gasteiger charge is -2.31. The highest BCUT2D eigenvalue weighted by molar-refractivity contribution is 7.18. The average molecular weight is 427 g/mol. The smallest absolute Gasteiger partial charge is 0.228 e. The number of carbonyl (C=O) groups is 2. The number of benzene rings is 1. The first-order valence-corrected chi connectivity index (χ1v) is 11.7. The van der Waals surface area contributed by atoms with Crippen LogP contribution < -0.4 is 4.90 Å². The van der Waals surface area contributed by atoms with Gasteiger partial charge in [0, 0.05) is 37.4 Å². The van der Waals surface area contributed by atoms with Crippen LogP contribution in [0.1, 0.15) is 42.3 Å². The molecule has 29 heavy (non-hydrogen) atoms. The van der Waals surface area contributed by atoms with E-state index in [2.05, 4.69) is 11.1 Å². The molecule has 0 radical (unpaired) electrons. The van der Waals surface area contributed by atoms with Crippen LogP contribution in [0, 0.1) is 0 Å². The van der Waals surface area contributed by atoms with Crippen molar-refractivity contribution in [1.82, 2.24) is 14.9 Å². The number of para-hydroxylation sites is 1. The van der Waals surface area contributed by atoms with Gasteiger partial charge in [0.2, 0.25) is 11.8 Å². The van der Waals surface area contributed by atoms with E-state index in [-0.39, 0.29) is 11.8 Å². The fraction of sp³-hybridized carbons (Fsp3) is 0.429. The molecule has 2 amide bonds. The van der Waals surface area contributed by atoms with Crippen molar-refractivity contribution >= 4 is 49.8 Å². The van der Waals surface area contributed by atoms with Crippen LogP contribution in [0.3, 0.4) is 0 Å². The van der Waals surface area contributed by atoms with Crippen molar-refractivity contribution in [3.63, 3.8) is 0 Å². The van der Waals surface area contributed by atoms with E-state index >= 15 is 0 Å². The van der Waals surface area contributed by atoms with E-state index in [1.54, 1.807) is 16.2 Å². The first-order chi connectivity index (χ1) is 14.2. The van der Waals surface area contributed by atoms with Gasteiger partial charge in [-0.1, -0.05) is 12.1 Å². The molecule has 1 unspecified atom stereocenters. The minimum atomic E-state index is 0.111. The quantitative estimate of drug-likeness (QED) is 0.636.